The van der Waals surface area contributed by atoms with Gasteiger partial charge in [-0.3, -0.25) is 0 Å². The van der Waals surface area contributed by atoms with E-state index in [0.29, 0.717) is 0 Å². The van der Waals surface area contributed by atoms with Gasteiger partial charge in [0.15, 0.2) is 0 Å². The molecule has 0 unspecified atom stereocenters. The van der Waals surface area contributed by atoms with E-state index in [1.165, 1.54) is 5.56 Å². The average molecular weight is 283 g/mol. The van der Waals surface area contributed by atoms with E-state index in [-0.39, 0.29) is 0 Å². The zero-order valence-corrected chi connectivity index (χ0v) is 10.8. The summed E-state index contributed by atoms with van der Waals surface area (Å²) in [6.07, 6.45) is 9.46. The third-order valence-electron chi connectivity index (χ3n) is 2.42. The van der Waals surface area contributed by atoms with Crippen LogP contribution in [0.2, 0.25) is 0 Å². The highest BCUT2D eigenvalue weighted by atomic mass is 79.9. The van der Waals surface area contributed by atoms with Crippen molar-refractivity contribution in [2.24, 2.45) is 0 Å². The van der Waals surface area contributed by atoms with Gasteiger partial charge in [0, 0.05) is 10.0 Å². The number of terminal acetylenes is 1. The molecule has 2 aromatic carbocycles. The topological polar surface area (TPSA) is 0 Å². The molecule has 1 heteroatoms. The summed E-state index contributed by atoms with van der Waals surface area (Å²) in [6, 6.07) is 16.1. The first-order chi connectivity index (χ1) is 8.28. The minimum absolute atomic E-state index is 0.908. The lowest BCUT2D eigenvalue weighted by Crippen LogP contribution is -1.75. The van der Waals surface area contributed by atoms with Crippen molar-refractivity contribution in [1.82, 2.24) is 0 Å². The Labute approximate surface area is 110 Å². The molecule has 0 radical (unpaired) electrons. The van der Waals surface area contributed by atoms with E-state index in [0.717, 1.165) is 15.6 Å². The number of benzene rings is 2. The Hall–Kier alpha value is -1.78. The molecule has 2 aromatic rings. The Balaban J connectivity index is 2.14. The first-order valence-electron chi connectivity index (χ1n) is 5.28. The third-order valence-corrected chi connectivity index (χ3v) is 2.94. The second kappa shape index (κ2) is 5.52. The zero-order chi connectivity index (χ0) is 12.1. The number of halogens is 1. The number of hydrogen-bond donors (Lipinski definition) is 0. The van der Waals surface area contributed by atoms with Gasteiger partial charge in [-0.2, -0.15) is 0 Å². The van der Waals surface area contributed by atoms with Crippen LogP contribution >= 0.6 is 15.9 Å². The highest BCUT2D eigenvalue weighted by Gasteiger charge is 1.90. The third kappa shape index (κ3) is 3.34. The standard InChI is InChI=1S/C16H11Br/c1-2-13-3-5-14(6-4-13)7-8-15-9-11-16(17)12-10-15/h1,3-12H/b8-7+. The minimum Gasteiger partial charge on any atom is -0.115 e. The fraction of sp³-hybridized carbons (Fsp3) is 0. The predicted octanol–water partition coefficient (Wildman–Crippen LogP) is 4.60. The Kier molecular flexibility index (Phi) is 3.80. The fourth-order valence-corrected chi connectivity index (χ4v) is 1.72. The second-order valence-corrected chi connectivity index (χ2v) is 4.57. The Morgan fingerprint density at radius 1 is 0.824 bits per heavy atom. The molecule has 0 amide bonds. The molecular formula is C16H11Br. The van der Waals surface area contributed by atoms with Crippen molar-refractivity contribution in [3.8, 4) is 12.3 Å². The molecule has 0 aliphatic heterocycles. The van der Waals surface area contributed by atoms with E-state index < -0.39 is 0 Å². The van der Waals surface area contributed by atoms with Crippen LogP contribution in [0.25, 0.3) is 12.2 Å². The lowest BCUT2D eigenvalue weighted by molar-refractivity contribution is 1.60. The Morgan fingerprint density at radius 2 is 1.29 bits per heavy atom. The molecule has 0 saturated carbocycles. The van der Waals surface area contributed by atoms with Crippen LogP contribution in [0.15, 0.2) is 53.0 Å². The molecule has 0 spiro atoms. The first-order valence-corrected chi connectivity index (χ1v) is 6.07. The SMILES string of the molecule is C#Cc1ccc(/C=C/c2ccc(Br)cc2)cc1. The quantitative estimate of drug-likeness (QED) is 0.558. The van der Waals surface area contributed by atoms with Crippen molar-refractivity contribution in [2.45, 2.75) is 0 Å². The van der Waals surface area contributed by atoms with Crippen LogP contribution in [0.3, 0.4) is 0 Å². The summed E-state index contributed by atoms with van der Waals surface area (Å²) >= 11 is 3.41. The van der Waals surface area contributed by atoms with Crippen molar-refractivity contribution in [2.75, 3.05) is 0 Å². The van der Waals surface area contributed by atoms with Crippen LogP contribution in [0.1, 0.15) is 16.7 Å². The molecule has 17 heavy (non-hydrogen) atoms. The van der Waals surface area contributed by atoms with E-state index in [1.54, 1.807) is 0 Å². The summed E-state index contributed by atoms with van der Waals surface area (Å²) in [5.74, 6) is 2.60. The van der Waals surface area contributed by atoms with E-state index in [2.05, 4.69) is 46.1 Å². The summed E-state index contributed by atoms with van der Waals surface area (Å²) in [4.78, 5) is 0. The molecule has 0 saturated heterocycles. The molecular weight excluding hydrogens is 272 g/mol. The van der Waals surface area contributed by atoms with Gasteiger partial charge in [0.2, 0.25) is 0 Å². The maximum atomic E-state index is 5.31. The number of hydrogen-bond acceptors (Lipinski definition) is 0. The molecule has 0 heterocycles. The second-order valence-electron chi connectivity index (χ2n) is 3.65. The maximum Gasteiger partial charge on any atom is 0.0243 e. The van der Waals surface area contributed by atoms with Gasteiger partial charge in [-0.25, -0.2) is 0 Å². The summed E-state index contributed by atoms with van der Waals surface area (Å²) in [5, 5.41) is 0. The van der Waals surface area contributed by atoms with Gasteiger partial charge in [-0.05, 0) is 35.4 Å². The first kappa shape index (κ1) is 11.7. The summed E-state index contributed by atoms with van der Waals surface area (Å²) in [7, 11) is 0. The van der Waals surface area contributed by atoms with Crippen LogP contribution in [0, 0.1) is 12.3 Å². The zero-order valence-electron chi connectivity index (χ0n) is 9.23. The van der Waals surface area contributed by atoms with E-state index in [4.69, 9.17) is 6.42 Å². The van der Waals surface area contributed by atoms with Crippen LogP contribution in [-0.2, 0) is 0 Å². The molecule has 0 N–H and O–H groups in total. The maximum absolute atomic E-state index is 5.31. The van der Waals surface area contributed by atoms with E-state index in [1.807, 2.05) is 36.4 Å². The summed E-state index contributed by atoms with van der Waals surface area (Å²) in [5.41, 5.74) is 3.23. The molecule has 0 nitrogen and oxygen atoms in total. The highest BCUT2D eigenvalue weighted by molar-refractivity contribution is 9.10. The summed E-state index contributed by atoms with van der Waals surface area (Å²) in [6.45, 7) is 0. The van der Waals surface area contributed by atoms with Crippen molar-refractivity contribution in [1.29, 1.82) is 0 Å². The molecule has 0 aliphatic carbocycles. The molecule has 0 bridgehead atoms. The lowest BCUT2D eigenvalue weighted by Gasteiger charge is -1.96. The molecule has 2 rings (SSSR count). The van der Waals surface area contributed by atoms with Crippen LogP contribution in [0.4, 0.5) is 0 Å². The van der Waals surface area contributed by atoms with Crippen LogP contribution < -0.4 is 0 Å². The van der Waals surface area contributed by atoms with Gasteiger partial charge in [0.25, 0.3) is 0 Å². The predicted molar refractivity (Wildman–Crippen MR) is 77.4 cm³/mol. The van der Waals surface area contributed by atoms with Gasteiger partial charge in [-0.1, -0.05) is 58.3 Å². The molecule has 0 aromatic heterocycles. The smallest absolute Gasteiger partial charge is 0.0243 e. The minimum atomic E-state index is 0.908. The van der Waals surface area contributed by atoms with Crippen molar-refractivity contribution >= 4 is 28.1 Å². The van der Waals surface area contributed by atoms with Crippen molar-refractivity contribution in [3.63, 3.8) is 0 Å². The average Bonchev–Trinajstić information content (AvgIpc) is 2.39. The molecule has 0 atom stereocenters. The van der Waals surface area contributed by atoms with Crippen molar-refractivity contribution in [3.05, 3.63) is 69.7 Å². The van der Waals surface area contributed by atoms with Gasteiger partial charge < -0.3 is 0 Å². The van der Waals surface area contributed by atoms with Crippen LogP contribution in [-0.4, -0.2) is 0 Å². The van der Waals surface area contributed by atoms with Crippen molar-refractivity contribution < 1.29 is 0 Å². The largest absolute Gasteiger partial charge is 0.115 e. The lowest BCUT2D eigenvalue weighted by atomic mass is 10.1. The fourth-order valence-electron chi connectivity index (χ4n) is 1.46. The Bertz CT molecular complexity index is 554. The number of rotatable bonds is 2. The Morgan fingerprint density at radius 3 is 1.76 bits per heavy atom. The van der Waals surface area contributed by atoms with Crippen LogP contribution in [0.5, 0.6) is 0 Å². The molecule has 0 aliphatic rings. The van der Waals surface area contributed by atoms with Gasteiger partial charge in [0.05, 0.1) is 0 Å². The van der Waals surface area contributed by atoms with E-state index in [9.17, 15) is 0 Å². The molecule has 0 fully saturated rings. The molecule has 82 valence electrons. The monoisotopic (exact) mass is 282 g/mol. The van der Waals surface area contributed by atoms with Gasteiger partial charge in [-0.15, -0.1) is 6.42 Å². The van der Waals surface area contributed by atoms with Gasteiger partial charge in [0.1, 0.15) is 0 Å². The normalized spacial score (nSPS) is 10.4. The summed E-state index contributed by atoms with van der Waals surface area (Å²) < 4.78 is 1.09. The van der Waals surface area contributed by atoms with E-state index >= 15 is 0 Å². The highest BCUT2D eigenvalue weighted by Crippen LogP contribution is 2.13. The van der Waals surface area contributed by atoms with Gasteiger partial charge >= 0.3 is 0 Å².